The standard InChI is InChI=1S/C10H8O2S.Na.H/c11-13-12-10-6-5-8-3-1-2-4-9(8)7-10;;/h1-7,13H;;. The predicted octanol–water partition coefficient (Wildman–Crippen LogP) is 1.43. The second-order valence-corrected chi connectivity index (χ2v) is 3.01. The Morgan fingerprint density at radius 1 is 1.00 bits per heavy atom. The van der Waals surface area contributed by atoms with Gasteiger partial charge >= 0.3 is 29.6 Å². The van der Waals surface area contributed by atoms with Gasteiger partial charge in [-0.3, -0.25) is 0 Å². The summed E-state index contributed by atoms with van der Waals surface area (Å²) in [6, 6.07) is 13.6. The molecule has 0 heterocycles. The summed E-state index contributed by atoms with van der Waals surface area (Å²) in [7, 11) is 0. The number of hydrogen-bond donors (Lipinski definition) is 1. The van der Waals surface area contributed by atoms with E-state index in [4.69, 9.17) is 4.18 Å². The van der Waals surface area contributed by atoms with Crippen molar-refractivity contribution in [1.29, 1.82) is 0 Å². The molecule has 0 fully saturated rings. The molecule has 0 spiro atoms. The summed E-state index contributed by atoms with van der Waals surface area (Å²) in [5, 5.41) is 2.24. The molecule has 0 aliphatic rings. The van der Waals surface area contributed by atoms with Crippen LogP contribution in [0.25, 0.3) is 10.8 Å². The fraction of sp³-hybridized carbons (Fsp3) is 0. The summed E-state index contributed by atoms with van der Waals surface area (Å²) in [6.45, 7) is 0. The number of benzene rings is 2. The molecule has 0 saturated heterocycles. The molecule has 0 radical (unpaired) electrons. The van der Waals surface area contributed by atoms with Crippen molar-refractivity contribution in [3.8, 4) is 5.75 Å². The first-order chi connectivity index (χ1) is 6.40. The van der Waals surface area contributed by atoms with E-state index in [0.29, 0.717) is 5.75 Å². The molecule has 0 N–H and O–H groups in total. The molecule has 68 valence electrons. The second-order valence-electron chi connectivity index (χ2n) is 2.67. The van der Waals surface area contributed by atoms with Crippen molar-refractivity contribution in [2.75, 3.05) is 0 Å². The van der Waals surface area contributed by atoms with E-state index in [0.717, 1.165) is 10.8 Å². The van der Waals surface area contributed by atoms with Gasteiger partial charge in [-0.05, 0) is 22.9 Å². The van der Waals surface area contributed by atoms with Gasteiger partial charge in [0.2, 0.25) is 0 Å². The van der Waals surface area contributed by atoms with Crippen LogP contribution < -0.4 is 4.18 Å². The zero-order chi connectivity index (χ0) is 9.10. The second kappa shape index (κ2) is 5.51. The van der Waals surface area contributed by atoms with Crippen molar-refractivity contribution >= 4 is 52.3 Å². The molecule has 2 rings (SSSR count). The van der Waals surface area contributed by atoms with Crippen LogP contribution in [-0.4, -0.2) is 33.8 Å². The van der Waals surface area contributed by atoms with Crippen molar-refractivity contribution < 1.29 is 8.39 Å². The van der Waals surface area contributed by atoms with E-state index in [2.05, 4.69) is 0 Å². The first kappa shape index (κ1) is 11.7. The molecule has 14 heavy (non-hydrogen) atoms. The normalized spacial score (nSPS) is 9.43. The topological polar surface area (TPSA) is 26.3 Å². The summed E-state index contributed by atoms with van der Waals surface area (Å²) >= 11 is -0.315. The Hall–Kier alpha value is -0.350. The number of rotatable bonds is 2. The van der Waals surface area contributed by atoms with Crippen LogP contribution in [0.3, 0.4) is 0 Å². The quantitative estimate of drug-likeness (QED) is 0.607. The van der Waals surface area contributed by atoms with E-state index in [-0.39, 0.29) is 41.5 Å². The first-order valence-electron chi connectivity index (χ1n) is 3.88. The van der Waals surface area contributed by atoms with Gasteiger partial charge in [0.1, 0.15) is 5.75 Å². The monoisotopic (exact) mass is 216 g/mol. The zero-order valence-corrected chi connectivity index (χ0v) is 7.70. The Labute approximate surface area is 108 Å². The van der Waals surface area contributed by atoms with E-state index in [1.165, 1.54) is 0 Å². The van der Waals surface area contributed by atoms with Crippen molar-refractivity contribution in [3.05, 3.63) is 42.5 Å². The minimum absolute atomic E-state index is 0. The van der Waals surface area contributed by atoms with Crippen LogP contribution in [0.5, 0.6) is 5.75 Å². The predicted molar refractivity (Wildman–Crippen MR) is 61.3 cm³/mol. The molecule has 2 nitrogen and oxygen atoms in total. The van der Waals surface area contributed by atoms with Gasteiger partial charge in [-0.15, -0.1) is 0 Å². The molecule has 4 heteroatoms. The Balaban J connectivity index is 0.000000980. The molecule has 0 bridgehead atoms. The third-order valence-corrected chi connectivity index (χ3v) is 2.15. The fourth-order valence-electron chi connectivity index (χ4n) is 1.27. The Kier molecular flexibility index (Phi) is 4.62. The molecular formula is C10H9NaO2S. The number of hydrogen-bond acceptors (Lipinski definition) is 2. The molecule has 0 aliphatic carbocycles. The Bertz CT molecular complexity index is 445. The average molecular weight is 216 g/mol. The molecular weight excluding hydrogens is 207 g/mol. The van der Waals surface area contributed by atoms with Crippen LogP contribution in [0.4, 0.5) is 0 Å². The summed E-state index contributed by atoms with van der Waals surface area (Å²) in [4.78, 5) is 0. The van der Waals surface area contributed by atoms with Crippen LogP contribution in [0.1, 0.15) is 0 Å². The van der Waals surface area contributed by atoms with Gasteiger partial charge in [0.05, 0.1) is 0 Å². The van der Waals surface area contributed by atoms with E-state index >= 15 is 0 Å². The minimum atomic E-state index is -0.315. The molecule has 0 aliphatic heterocycles. The zero-order valence-electron chi connectivity index (χ0n) is 6.81. The van der Waals surface area contributed by atoms with Gasteiger partial charge in [0.15, 0.2) is 11.9 Å². The van der Waals surface area contributed by atoms with E-state index in [1.807, 2.05) is 36.4 Å². The van der Waals surface area contributed by atoms with E-state index in [9.17, 15) is 4.21 Å². The third-order valence-electron chi connectivity index (χ3n) is 1.86. The van der Waals surface area contributed by atoms with Gasteiger partial charge in [-0.1, -0.05) is 30.3 Å². The fourth-order valence-corrected chi connectivity index (χ4v) is 1.47. The Morgan fingerprint density at radius 3 is 2.43 bits per heavy atom. The number of fused-ring (bicyclic) bond motifs is 1. The molecule has 2 aromatic carbocycles. The van der Waals surface area contributed by atoms with Crippen LogP contribution in [-0.2, 0) is 11.9 Å². The summed E-state index contributed by atoms with van der Waals surface area (Å²) in [6.07, 6.45) is 0. The molecule has 0 unspecified atom stereocenters. The molecule has 2 aromatic rings. The van der Waals surface area contributed by atoms with Crippen molar-refractivity contribution in [1.82, 2.24) is 0 Å². The van der Waals surface area contributed by atoms with E-state index < -0.39 is 0 Å². The number of thiol groups is 1. The van der Waals surface area contributed by atoms with Crippen LogP contribution in [0.2, 0.25) is 0 Å². The van der Waals surface area contributed by atoms with Crippen LogP contribution in [0, 0.1) is 0 Å². The van der Waals surface area contributed by atoms with Crippen LogP contribution >= 0.6 is 0 Å². The summed E-state index contributed by atoms with van der Waals surface area (Å²) < 4.78 is 15.0. The molecule has 0 atom stereocenters. The van der Waals surface area contributed by atoms with Gasteiger partial charge in [-0.25, -0.2) is 4.21 Å². The van der Waals surface area contributed by atoms with Crippen molar-refractivity contribution in [2.45, 2.75) is 0 Å². The molecule has 0 saturated carbocycles. The Morgan fingerprint density at radius 2 is 1.71 bits per heavy atom. The van der Waals surface area contributed by atoms with E-state index in [1.54, 1.807) is 6.07 Å². The average Bonchev–Trinajstić information content (AvgIpc) is 2.18. The summed E-state index contributed by atoms with van der Waals surface area (Å²) in [5.41, 5.74) is 0. The van der Waals surface area contributed by atoms with Gasteiger partial charge in [0.25, 0.3) is 0 Å². The molecule has 0 amide bonds. The maximum atomic E-state index is 10.2. The summed E-state index contributed by atoms with van der Waals surface area (Å²) in [5.74, 6) is 0.621. The first-order valence-corrected chi connectivity index (χ1v) is 4.61. The van der Waals surface area contributed by atoms with Gasteiger partial charge in [-0.2, -0.15) is 0 Å². The molecule has 0 aromatic heterocycles. The van der Waals surface area contributed by atoms with Crippen molar-refractivity contribution in [3.63, 3.8) is 0 Å². The SMILES string of the molecule is O=[SH]Oc1ccc2ccccc2c1.[NaH]. The van der Waals surface area contributed by atoms with Gasteiger partial charge < -0.3 is 4.18 Å². The van der Waals surface area contributed by atoms with Crippen molar-refractivity contribution in [2.24, 2.45) is 0 Å². The maximum absolute atomic E-state index is 10.2. The van der Waals surface area contributed by atoms with Gasteiger partial charge in [0, 0.05) is 0 Å². The third kappa shape index (κ3) is 2.58. The van der Waals surface area contributed by atoms with Crippen LogP contribution in [0.15, 0.2) is 42.5 Å².